The third-order valence-corrected chi connectivity index (χ3v) is 2.81. The number of carboxylic acids is 1. The number of carboxylic acid groups (broad SMARTS) is 1. The molecule has 0 aliphatic heterocycles. The fourth-order valence-corrected chi connectivity index (χ4v) is 1.96. The van der Waals surface area contributed by atoms with Crippen LogP contribution in [0.4, 0.5) is 0 Å². The monoisotopic (exact) mass is 267 g/mol. The molecule has 0 radical (unpaired) electrons. The molecule has 2 N–H and O–H groups in total. The molecule has 106 valence electrons. The molecule has 0 aromatic carbocycles. The van der Waals surface area contributed by atoms with E-state index in [2.05, 4.69) is 10.3 Å². The van der Waals surface area contributed by atoms with Gasteiger partial charge in [0.1, 0.15) is 5.92 Å². The van der Waals surface area contributed by atoms with Gasteiger partial charge in [-0.15, -0.1) is 0 Å². The zero-order valence-electron chi connectivity index (χ0n) is 11.8. The molecular weight excluding hydrogens is 246 g/mol. The average Bonchev–Trinajstić information content (AvgIpc) is 2.66. The maximum atomic E-state index is 12.1. The van der Waals surface area contributed by atoms with Crippen LogP contribution in [0.5, 0.6) is 0 Å². The molecular formula is C13H21N3O3. The van der Waals surface area contributed by atoms with Crippen molar-refractivity contribution in [3.05, 3.63) is 18.7 Å². The molecule has 0 saturated heterocycles. The van der Waals surface area contributed by atoms with Gasteiger partial charge < -0.3 is 15.0 Å². The molecule has 0 aliphatic rings. The van der Waals surface area contributed by atoms with Crippen molar-refractivity contribution in [2.45, 2.75) is 40.3 Å². The maximum Gasteiger partial charge on any atom is 0.316 e. The number of rotatable bonds is 5. The van der Waals surface area contributed by atoms with E-state index in [4.69, 9.17) is 0 Å². The van der Waals surface area contributed by atoms with Gasteiger partial charge in [0.05, 0.1) is 6.33 Å². The molecule has 0 bridgehead atoms. The Labute approximate surface area is 112 Å². The van der Waals surface area contributed by atoms with E-state index in [1.54, 1.807) is 39.5 Å². The first-order chi connectivity index (χ1) is 8.71. The minimum Gasteiger partial charge on any atom is -0.481 e. The van der Waals surface area contributed by atoms with E-state index in [0.717, 1.165) is 0 Å². The summed E-state index contributed by atoms with van der Waals surface area (Å²) < 4.78 is 1.83. The lowest BCUT2D eigenvalue weighted by Gasteiger charge is -2.27. The van der Waals surface area contributed by atoms with Gasteiger partial charge in [-0.2, -0.15) is 0 Å². The van der Waals surface area contributed by atoms with Gasteiger partial charge >= 0.3 is 5.97 Å². The summed E-state index contributed by atoms with van der Waals surface area (Å²) in [5.74, 6) is -2.61. The second-order valence-corrected chi connectivity index (χ2v) is 5.81. The van der Waals surface area contributed by atoms with Crippen LogP contribution in [0.25, 0.3) is 0 Å². The van der Waals surface area contributed by atoms with Gasteiger partial charge in [0.25, 0.3) is 0 Å². The maximum absolute atomic E-state index is 12.1. The van der Waals surface area contributed by atoms with Crippen LogP contribution in [0, 0.1) is 11.3 Å². The SMILES string of the molecule is CC(Cn1ccnc1)NC(=O)C(C(=O)O)C(C)(C)C. The van der Waals surface area contributed by atoms with Crippen molar-refractivity contribution in [1.29, 1.82) is 0 Å². The Hall–Kier alpha value is -1.85. The predicted octanol–water partition coefficient (Wildman–Crippen LogP) is 1.13. The highest BCUT2D eigenvalue weighted by Crippen LogP contribution is 2.26. The normalized spacial score (nSPS) is 14.7. The molecule has 0 aliphatic carbocycles. The summed E-state index contributed by atoms with van der Waals surface area (Å²) in [6.45, 7) is 7.62. The largest absolute Gasteiger partial charge is 0.481 e. The Morgan fingerprint density at radius 2 is 2.05 bits per heavy atom. The summed E-state index contributed by atoms with van der Waals surface area (Å²) in [6, 6.07) is -0.161. The van der Waals surface area contributed by atoms with Crippen LogP contribution in [-0.4, -0.2) is 32.6 Å². The lowest BCUT2D eigenvalue weighted by Crippen LogP contribution is -2.46. The number of carbonyl (C=O) groups is 2. The summed E-state index contributed by atoms with van der Waals surface area (Å²) in [4.78, 5) is 27.2. The van der Waals surface area contributed by atoms with Crippen LogP contribution in [0.15, 0.2) is 18.7 Å². The molecule has 2 atom stereocenters. The fraction of sp³-hybridized carbons (Fsp3) is 0.615. The third-order valence-electron chi connectivity index (χ3n) is 2.81. The number of aliphatic carboxylic acids is 1. The van der Waals surface area contributed by atoms with Gasteiger partial charge in [-0.25, -0.2) is 4.98 Å². The highest BCUT2D eigenvalue weighted by molar-refractivity contribution is 5.97. The molecule has 6 heteroatoms. The van der Waals surface area contributed by atoms with Gasteiger partial charge in [0, 0.05) is 25.0 Å². The minimum atomic E-state index is -1.10. The average molecular weight is 267 g/mol. The van der Waals surface area contributed by atoms with Gasteiger partial charge in [0.2, 0.25) is 5.91 Å². The Kier molecular flexibility index (Phi) is 4.69. The standard InChI is InChI=1S/C13H21N3O3/c1-9(7-16-6-5-14-8-16)15-11(17)10(12(18)19)13(2,3)4/h5-6,8-10H,7H2,1-4H3,(H,15,17)(H,18,19). The predicted molar refractivity (Wildman–Crippen MR) is 70.4 cm³/mol. The number of hydrogen-bond acceptors (Lipinski definition) is 3. The summed E-state index contributed by atoms with van der Waals surface area (Å²) in [5, 5.41) is 11.9. The van der Waals surface area contributed by atoms with Crippen molar-refractivity contribution in [1.82, 2.24) is 14.9 Å². The number of carbonyl (C=O) groups excluding carboxylic acids is 1. The van der Waals surface area contributed by atoms with E-state index in [1.807, 2.05) is 11.5 Å². The molecule has 1 heterocycles. The summed E-state index contributed by atoms with van der Waals surface area (Å²) in [7, 11) is 0. The molecule has 1 rings (SSSR count). The van der Waals surface area contributed by atoms with E-state index >= 15 is 0 Å². The topological polar surface area (TPSA) is 84.2 Å². The molecule has 1 aromatic heterocycles. The minimum absolute atomic E-state index is 0.161. The van der Waals surface area contributed by atoms with Gasteiger partial charge in [-0.05, 0) is 12.3 Å². The van der Waals surface area contributed by atoms with Crippen molar-refractivity contribution in [2.24, 2.45) is 11.3 Å². The van der Waals surface area contributed by atoms with Crippen LogP contribution >= 0.6 is 0 Å². The highest BCUT2D eigenvalue weighted by Gasteiger charge is 2.38. The summed E-state index contributed by atoms with van der Waals surface area (Å²) in [6.07, 6.45) is 5.10. The van der Waals surface area contributed by atoms with Crippen LogP contribution in [0.1, 0.15) is 27.7 Å². The molecule has 0 spiro atoms. The Balaban J connectivity index is 2.64. The number of amides is 1. The zero-order valence-corrected chi connectivity index (χ0v) is 11.8. The van der Waals surface area contributed by atoms with E-state index in [-0.39, 0.29) is 6.04 Å². The smallest absolute Gasteiger partial charge is 0.316 e. The summed E-state index contributed by atoms with van der Waals surface area (Å²) >= 11 is 0. The van der Waals surface area contributed by atoms with E-state index < -0.39 is 23.2 Å². The van der Waals surface area contributed by atoms with Crippen molar-refractivity contribution in [3.8, 4) is 0 Å². The van der Waals surface area contributed by atoms with E-state index in [9.17, 15) is 14.7 Å². The quantitative estimate of drug-likeness (QED) is 0.783. The second-order valence-electron chi connectivity index (χ2n) is 5.81. The second kappa shape index (κ2) is 5.86. The highest BCUT2D eigenvalue weighted by atomic mass is 16.4. The van der Waals surface area contributed by atoms with Crippen LogP contribution in [-0.2, 0) is 16.1 Å². The number of aromatic nitrogens is 2. The third kappa shape index (κ3) is 4.39. The molecule has 0 fully saturated rings. The Morgan fingerprint density at radius 1 is 1.42 bits per heavy atom. The first kappa shape index (κ1) is 15.2. The van der Waals surface area contributed by atoms with Crippen molar-refractivity contribution < 1.29 is 14.7 Å². The van der Waals surface area contributed by atoms with Crippen molar-refractivity contribution >= 4 is 11.9 Å². The van der Waals surface area contributed by atoms with Gasteiger partial charge in [0.15, 0.2) is 0 Å². The fourth-order valence-electron chi connectivity index (χ4n) is 1.96. The number of nitrogens with one attached hydrogen (secondary N) is 1. The Bertz CT molecular complexity index is 434. The molecule has 1 aromatic rings. The molecule has 19 heavy (non-hydrogen) atoms. The van der Waals surface area contributed by atoms with E-state index in [0.29, 0.717) is 6.54 Å². The lowest BCUT2D eigenvalue weighted by atomic mass is 9.80. The van der Waals surface area contributed by atoms with E-state index in [1.165, 1.54) is 0 Å². The van der Waals surface area contributed by atoms with Crippen molar-refractivity contribution in [2.75, 3.05) is 0 Å². The molecule has 0 saturated carbocycles. The first-order valence-corrected chi connectivity index (χ1v) is 6.20. The first-order valence-electron chi connectivity index (χ1n) is 6.20. The van der Waals surface area contributed by atoms with Gasteiger partial charge in [-0.3, -0.25) is 9.59 Å². The van der Waals surface area contributed by atoms with Crippen LogP contribution in [0.2, 0.25) is 0 Å². The molecule has 1 amide bonds. The molecule has 2 unspecified atom stereocenters. The number of nitrogens with zero attached hydrogens (tertiary/aromatic N) is 2. The number of imidazole rings is 1. The summed E-state index contributed by atoms with van der Waals surface area (Å²) in [5.41, 5.74) is -0.620. The van der Waals surface area contributed by atoms with Crippen LogP contribution in [0.3, 0.4) is 0 Å². The van der Waals surface area contributed by atoms with Crippen molar-refractivity contribution in [3.63, 3.8) is 0 Å². The zero-order chi connectivity index (χ0) is 14.6. The van der Waals surface area contributed by atoms with Crippen LogP contribution < -0.4 is 5.32 Å². The van der Waals surface area contributed by atoms with Gasteiger partial charge in [-0.1, -0.05) is 20.8 Å². The lowest BCUT2D eigenvalue weighted by molar-refractivity contribution is -0.151. The number of hydrogen-bond donors (Lipinski definition) is 2. The molecule has 6 nitrogen and oxygen atoms in total. The Morgan fingerprint density at radius 3 is 2.47 bits per heavy atom.